The molecular formula is C12H18BrNS. The second-order valence-corrected chi connectivity index (χ2v) is 6.35. The van der Waals surface area contributed by atoms with E-state index in [4.69, 9.17) is 0 Å². The third-order valence-corrected chi connectivity index (χ3v) is 5.08. The molecule has 84 valence electrons. The maximum absolute atomic E-state index is 3.52. The molecule has 1 aromatic rings. The van der Waals surface area contributed by atoms with Gasteiger partial charge in [-0.1, -0.05) is 13.8 Å². The first-order chi connectivity index (χ1) is 7.20. The van der Waals surface area contributed by atoms with E-state index in [2.05, 4.69) is 46.1 Å². The lowest BCUT2D eigenvalue weighted by molar-refractivity contribution is 0.219. The molecule has 0 amide bonds. The number of rotatable bonds is 3. The topological polar surface area (TPSA) is 3.24 Å². The standard InChI is InChI=1S/C12H18BrNS/c1-3-12-9(2)4-5-14(12)7-11-6-10(13)8-15-11/h6,8-9,12H,3-5,7H2,1-2H3. The molecule has 0 spiro atoms. The average Bonchev–Trinajstić information content (AvgIpc) is 2.75. The fraction of sp³-hybridized carbons (Fsp3) is 0.667. The summed E-state index contributed by atoms with van der Waals surface area (Å²) >= 11 is 5.38. The lowest BCUT2D eigenvalue weighted by Gasteiger charge is -2.25. The smallest absolute Gasteiger partial charge is 0.0331 e. The van der Waals surface area contributed by atoms with Gasteiger partial charge >= 0.3 is 0 Å². The van der Waals surface area contributed by atoms with E-state index in [1.54, 1.807) is 0 Å². The molecule has 2 rings (SSSR count). The first-order valence-corrected chi connectivity index (χ1v) is 7.35. The molecular weight excluding hydrogens is 270 g/mol. The first-order valence-electron chi connectivity index (χ1n) is 5.67. The fourth-order valence-corrected chi connectivity index (χ4v) is 4.06. The van der Waals surface area contributed by atoms with Gasteiger partial charge in [-0.15, -0.1) is 11.3 Å². The highest BCUT2D eigenvalue weighted by Gasteiger charge is 2.29. The van der Waals surface area contributed by atoms with Crippen molar-refractivity contribution in [3.8, 4) is 0 Å². The summed E-state index contributed by atoms with van der Waals surface area (Å²) in [6.45, 7) is 7.11. The number of hydrogen-bond acceptors (Lipinski definition) is 2. The van der Waals surface area contributed by atoms with Crippen molar-refractivity contribution in [2.75, 3.05) is 6.54 Å². The Morgan fingerprint density at radius 3 is 3.00 bits per heavy atom. The molecule has 15 heavy (non-hydrogen) atoms. The molecule has 3 heteroatoms. The highest BCUT2D eigenvalue weighted by Crippen LogP contribution is 2.29. The van der Waals surface area contributed by atoms with Gasteiger partial charge in [-0.05, 0) is 47.3 Å². The van der Waals surface area contributed by atoms with E-state index in [1.165, 1.54) is 28.7 Å². The van der Waals surface area contributed by atoms with Crippen LogP contribution in [0.1, 0.15) is 31.6 Å². The molecule has 2 atom stereocenters. The van der Waals surface area contributed by atoms with Gasteiger partial charge in [-0.2, -0.15) is 0 Å². The van der Waals surface area contributed by atoms with Crippen molar-refractivity contribution in [3.63, 3.8) is 0 Å². The minimum Gasteiger partial charge on any atom is -0.295 e. The Labute approximate surface area is 105 Å². The predicted molar refractivity (Wildman–Crippen MR) is 70.3 cm³/mol. The van der Waals surface area contributed by atoms with E-state index in [0.29, 0.717) is 0 Å². The molecule has 1 aliphatic heterocycles. The van der Waals surface area contributed by atoms with Gasteiger partial charge < -0.3 is 0 Å². The zero-order chi connectivity index (χ0) is 10.8. The Morgan fingerprint density at radius 2 is 2.40 bits per heavy atom. The minimum absolute atomic E-state index is 0.797. The summed E-state index contributed by atoms with van der Waals surface area (Å²) < 4.78 is 1.22. The van der Waals surface area contributed by atoms with Crippen molar-refractivity contribution in [2.45, 2.75) is 39.3 Å². The summed E-state index contributed by atoms with van der Waals surface area (Å²) in [5.41, 5.74) is 0. The van der Waals surface area contributed by atoms with Gasteiger partial charge in [0.25, 0.3) is 0 Å². The Balaban J connectivity index is 2.00. The summed E-state index contributed by atoms with van der Waals surface area (Å²) in [6, 6.07) is 3.05. The van der Waals surface area contributed by atoms with Gasteiger partial charge in [0.2, 0.25) is 0 Å². The molecule has 1 fully saturated rings. The monoisotopic (exact) mass is 287 g/mol. The van der Waals surface area contributed by atoms with Crippen LogP contribution in [0.4, 0.5) is 0 Å². The molecule has 1 saturated heterocycles. The Bertz CT molecular complexity index is 323. The van der Waals surface area contributed by atoms with Gasteiger partial charge in [0, 0.05) is 27.3 Å². The maximum atomic E-state index is 3.52. The fourth-order valence-electron chi connectivity index (χ4n) is 2.58. The van der Waals surface area contributed by atoms with Crippen LogP contribution in [-0.2, 0) is 6.54 Å². The minimum atomic E-state index is 0.797. The molecule has 0 N–H and O–H groups in total. The average molecular weight is 288 g/mol. The summed E-state index contributed by atoms with van der Waals surface area (Å²) in [6.07, 6.45) is 2.65. The van der Waals surface area contributed by atoms with Crippen molar-refractivity contribution < 1.29 is 0 Å². The summed E-state index contributed by atoms with van der Waals surface area (Å²) in [5.74, 6) is 0.874. The number of halogens is 1. The molecule has 1 nitrogen and oxygen atoms in total. The summed E-state index contributed by atoms with van der Waals surface area (Å²) in [4.78, 5) is 4.12. The van der Waals surface area contributed by atoms with Crippen molar-refractivity contribution in [1.29, 1.82) is 0 Å². The zero-order valence-electron chi connectivity index (χ0n) is 9.37. The van der Waals surface area contributed by atoms with Gasteiger partial charge in [0.05, 0.1) is 0 Å². The van der Waals surface area contributed by atoms with Gasteiger partial charge in [-0.3, -0.25) is 4.90 Å². The third-order valence-electron chi connectivity index (χ3n) is 3.40. The van der Waals surface area contributed by atoms with Crippen LogP contribution in [0.3, 0.4) is 0 Å². The lowest BCUT2D eigenvalue weighted by Crippen LogP contribution is -2.30. The molecule has 0 aromatic carbocycles. The molecule has 1 aliphatic rings. The molecule has 0 bridgehead atoms. The molecule has 0 aliphatic carbocycles. The third kappa shape index (κ3) is 2.63. The Hall–Kier alpha value is 0.140. The molecule has 0 radical (unpaired) electrons. The van der Waals surface area contributed by atoms with E-state index < -0.39 is 0 Å². The van der Waals surface area contributed by atoms with E-state index >= 15 is 0 Å². The second-order valence-electron chi connectivity index (χ2n) is 4.44. The molecule has 2 heterocycles. The molecule has 2 unspecified atom stereocenters. The van der Waals surface area contributed by atoms with E-state index in [0.717, 1.165) is 18.5 Å². The van der Waals surface area contributed by atoms with Gasteiger partial charge in [0.15, 0.2) is 0 Å². The van der Waals surface area contributed by atoms with Crippen LogP contribution >= 0.6 is 27.3 Å². The number of thiophene rings is 1. The van der Waals surface area contributed by atoms with E-state index in [-0.39, 0.29) is 0 Å². The zero-order valence-corrected chi connectivity index (χ0v) is 11.8. The highest BCUT2D eigenvalue weighted by molar-refractivity contribution is 9.10. The van der Waals surface area contributed by atoms with Crippen molar-refractivity contribution in [3.05, 3.63) is 20.8 Å². The number of hydrogen-bond donors (Lipinski definition) is 0. The highest BCUT2D eigenvalue weighted by atomic mass is 79.9. The largest absolute Gasteiger partial charge is 0.295 e. The lowest BCUT2D eigenvalue weighted by atomic mass is 10.0. The normalized spacial score (nSPS) is 27.4. The van der Waals surface area contributed by atoms with Crippen molar-refractivity contribution >= 4 is 27.3 Å². The van der Waals surface area contributed by atoms with Gasteiger partial charge in [-0.25, -0.2) is 0 Å². The van der Waals surface area contributed by atoms with E-state index in [1.807, 2.05) is 11.3 Å². The Morgan fingerprint density at radius 1 is 1.60 bits per heavy atom. The van der Waals surface area contributed by atoms with Crippen LogP contribution in [0.15, 0.2) is 15.9 Å². The molecule has 0 saturated carbocycles. The summed E-state index contributed by atoms with van der Waals surface area (Å²) in [7, 11) is 0. The first kappa shape index (κ1) is 11.6. The maximum Gasteiger partial charge on any atom is 0.0331 e. The predicted octanol–water partition coefficient (Wildman–Crippen LogP) is 4.13. The van der Waals surface area contributed by atoms with Crippen LogP contribution in [-0.4, -0.2) is 17.5 Å². The van der Waals surface area contributed by atoms with Crippen LogP contribution in [0, 0.1) is 5.92 Å². The van der Waals surface area contributed by atoms with Crippen molar-refractivity contribution in [2.24, 2.45) is 5.92 Å². The second kappa shape index (κ2) is 4.98. The number of nitrogens with zero attached hydrogens (tertiary/aromatic N) is 1. The van der Waals surface area contributed by atoms with Crippen LogP contribution in [0.2, 0.25) is 0 Å². The summed E-state index contributed by atoms with van der Waals surface area (Å²) in [5, 5.41) is 2.18. The quantitative estimate of drug-likeness (QED) is 0.808. The Kier molecular flexibility index (Phi) is 3.86. The van der Waals surface area contributed by atoms with Crippen LogP contribution < -0.4 is 0 Å². The van der Waals surface area contributed by atoms with Gasteiger partial charge in [0.1, 0.15) is 0 Å². The van der Waals surface area contributed by atoms with Crippen LogP contribution in [0.25, 0.3) is 0 Å². The molecule has 1 aromatic heterocycles. The van der Waals surface area contributed by atoms with Crippen LogP contribution in [0.5, 0.6) is 0 Å². The number of likely N-dealkylation sites (tertiary alicyclic amines) is 1. The van der Waals surface area contributed by atoms with Crippen molar-refractivity contribution in [1.82, 2.24) is 4.90 Å². The SMILES string of the molecule is CCC1C(C)CCN1Cc1cc(Br)cs1. The van der Waals surface area contributed by atoms with E-state index in [9.17, 15) is 0 Å².